The van der Waals surface area contributed by atoms with Crippen LogP contribution < -0.4 is 30.1 Å². The van der Waals surface area contributed by atoms with Gasteiger partial charge < -0.3 is 23.5 Å². The first-order chi connectivity index (χ1) is 31.9. The fourth-order valence-corrected chi connectivity index (χ4v) is 15.8. The summed E-state index contributed by atoms with van der Waals surface area (Å²) < 4.78 is 73.8. The second-order valence-corrected chi connectivity index (χ2v) is 25.0. The Bertz CT molecular complexity index is 2850. The van der Waals surface area contributed by atoms with Crippen LogP contribution in [0.3, 0.4) is 0 Å². The van der Waals surface area contributed by atoms with E-state index in [1.54, 1.807) is 20.8 Å². The van der Waals surface area contributed by atoms with Crippen molar-refractivity contribution in [3.05, 3.63) is 90.0 Å². The number of pyridine rings is 1. The van der Waals surface area contributed by atoms with E-state index < -0.39 is 43.4 Å². The van der Waals surface area contributed by atoms with Crippen molar-refractivity contribution < 1.29 is 36.6 Å². The standard InChI is InChI=1S/C50H54F3N7O5SSi/c1-48(2,3)65-47(61)58-45-35(26-54)37-34(19-20-36(52)42(37)66-45)40-39(53)41-38-43(57-46(56-41)63-29-50-22-14-23-60(50)27-30(51)25-50)59(7)31(28-62-44(38)55-40)21-24-64-67(49(4,5)6,32-15-10-8-11-16-32)33-17-12-9-13-18-33/h8-13,15-20,30-31H,14,21-25,27-29H2,1-7H3,(H,58,61)/t30-,31+,50+/m1/s1. The highest BCUT2D eigenvalue weighted by atomic mass is 32.1. The number of ether oxygens (including phenoxy) is 3. The number of rotatable bonds is 11. The van der Waals surface area contributed by atoms with Gasteiger partial charge in [0.05, 0.1) is 21.8 Å². The van der Waals surface area contributed by atoms with Gasteiger partial charge in [0.25, 0.3) is 8.32 Å². The van der Waals surface area contributed by atoms with Crippen molar-refractivity contribution in [3.63, 3.8) is 0 Å². The number of benzene rings is 3. The number of nitrogens with zero attached hydrogens (tertiary/aromatic N) is 6. The van der Waals surface area contributed by atoms with Gasteiger partial charge in [0.2, 0.25) is 5.88 Å². The predicted octanol–water partition coefficient (Wildman–Crippen LogP) is 9.52. The fourth-order valence-electron chi connectivity index (χ4n) is 10.2. The smallest absolute Gasteiger partial charge is 0.412 e. The molecule has 9 rings (SSSR count). The Morgan fingerprint density at radius 3 is 2.36 bits per heavy atom. The molecule has 1 amide bonds. The molecular formula is C50H54F3N7O5SSi. The van der Waals surface area contributed by atoms with Crippen LogP contribution >= 0.6 is 11.3 Å². The summed E-state index contributed by atoms with van der Waals surface area (Å²) in [6.07, 6.45) is 0.614. The summed E-state index contributed by atoms with van der Waals surface area (Å²) in [7, 11) is -1.05. The Labute approximate surface area is 393 Å². The van der Waals surface area contributed by atoms with E-state index in [1.807, 2.05) is 48.3 Å². The molecule has 3 aliphatic heterocycles. The summed E-state index contributed by atoms with van der Waals surface area (Å²) in [6, 6.07) is 24.9. The zero-order chi connectivity index (χ0) is 47.5. The summed E-state index contributed by atoms with van der Waals surface area (Å²) in [6.45, 7) is 13.4. The van der Waals surface area contributed by atoms with Gasteiger partial charge in [0.1, 0.15) is 64.3 Å². The first kappa shape index (κ1) is 46.3. The van der Waals surface area contributed by atoms with Gasteiger partial charge in [-0.15, -0.1) is 11.3 Å². The number of hydrogen-bond acceptors (Lipinski definition) is 12. The van der Waals surface area contributed by atoms with Crippen LogP contribution in [-0.4, -0.2) is 97.6 Å². The second-order valence-electron chi connectivity index (χ2n) is 19.7. The number of alkyl halides is 1. The van der Waals surface area contributed by atoms with Gasteiger partial charge in [-0.3, -0.25) is 10.2 Å². The third kappa shape index (κ3) is 8.46. The average molecular weight is 950 g/mol. The lowest BCUT2D eigenvalue weighted by atomic mass is 9.95. The van der Waals surface area contributed by atoms with Crippen molar-refractivity contribution in [3.8, 4) is 29.2 Å². The summed E-state index contributed by atoms with van der Waals surface area (Å²) in [5.41, 5.74) is -1.82. The number of aromatic nitrogens is 3. The topological polar surface area (TPSA) is 135 Å². The number of anilines is 2. The molecule has 2 fully saturated rings. The molecular weight excluding hydrogens is 896 g/mol. The molecule has 1 N–H and O–H groups in total. The van der Waals surface area contributed by atoms with Crippen molar-refractivity contribution >= 4 is 67.9 Å². The van der Waals surface area contributed by atoms with Crippen LogP contribution in [-0.2, 0) is 9.16 Å². The lowest BCUT2D eigenvalue weighted by Crippen LogP contribution is -2.66. The Morgan fingerprint density at radius 2 is 1.70 bits per heavy atom. The van der Waals surface area contributed by atoms with E-state index >= 15 is 8.78 Å². The van der Waals surface area contributed by atoms with E-state index in [-0.39, 0.29) is 79.0 Å². The number of nitrogens with one attached hydrogen (secondary N) is 1. The Morgan fingerprint density at radius 1 is 1.00 bits per heavy atom. The number of thiophene rings is 1. The first-order valence-corrected chi connectivity index (χ1v) is 25.3. The van der Waals surface area contributed by atoms with E-state index in [2.05, 4.69) is 66.3 Å². The van der Waals surface area contributed by atoms with Crippen LogP contribution in [0, 0.1) is 23.0 Å². The van der Waals surface area contributed by atoms with Crippen LogP contribution in [0.4, 0.5) is 28.8 Å². The minimum Gasteiger partial charge on any atom is -0.475 e. The van der Waals surface area contributed by atoms with Crippen molar-refractivity contribution in [2.45, 2.75) is 95.6 Å². The number of carbonyl (C=O) groups is 1. The van der Waals surface area contributed by atoms with Crippen LogP contribution in [0.2, 0.25) is 5.04 Å². The summed E-state index contributed by atoms with van der Waals surface area (Å²) in [4.78, 5) is 31.3. The van der Waals surface area contributed by atoms with E-state index in [9.17, 15) is 14.4 Å². The molecule has 6 heterocycles. The molecule has 0 radical (unpaired) electrons. The molecule has 0 bridgehead atoms. The molecule has 3 aromatic carbocycles. The third-order valence-electron chi connectivity index (χ3n) is 13.2. The first-order valence-electron chi connectivity index (χ1n) is 22.6. The number of fused-ring (bicyclic) bond motifs is 2. The molecule has 17 heteroatoms. The van der Waals surface area contributed by atoms with Gasteiger partial charge in [-0.1, -0.05) is 81.4 Å². The zero-order valence-corrected chi connectivity index (χ0v) is 40.5. The van der Waals surface area contributed by atoms with Crippen molar-refractivity contribution in [2.75, 3.05) is 50.2 Å². The van der Waals surface area contributed by atoms with Crippen LogP contribution in [0.5, 0.6) is 11.9 Å². The zero-order valence-electron chi connectivity index (χ0n) is 38.7. The molecule has 3 aliphatic rings. The normalized spacial score (nSPS) is 19.8. The van der Waals surface area contributed by atoms with Gasteiger partial charge in [-0.25, -0.2) is 22.9 Å². The Balaban J connectivity index is 1.13. The SMILES string of the molecule is CN1c2nc(OC[C@@]34CCCN3C[C@H](F)C4)nc3c(F)c(-c4ccc(F)c5sc(NC(=O)OC(C)(C)C)c(C#N)c45)nc(c23)OC[C@@H]1CCO[Si](c1ccccc1)(c1ccccc1)C(C)(C)C. The van der Waals surface area contributed by atoms with Gasteiger partial charge in [-0.2, -0.15) is 15.2 Å². The minimum absolute atomic E-state index is 0.00406. The summed E-state index contributed by atoms with van der Waals surface area (Å²) in [5.74, 6) is -1.21. The average Bonchev–Trinajstić information content (AvgIpc) is 3.92. The highest BCUT2D eigenvalue weighted by Crippen LogP contribution is 2.47. The van der Waals surface area contributed by atoms with Crippen LogP contribution in [0.1, 0.15) is 72.8 Å². The van der Waals surface area contributed by atoms with E-state index in [4.69, 9.17) is 28.6 Å². The number of hydrogen-bond donors (Lipinski definition) is 1. The maximum atomic E-state index is 17.6. The lowest BCUT2D eigenvalue weighted by Gasteiger charge is -2.43. The monoisotopic (exact) mass is 949 g/mol. The molecule has 0 unspecified atom stereocenters. The Hall–Kier alpha value is -5.80. The molecule has 0 saturated carbocycles. The number of likely N-dealkylation sites (N-methyl/N-ethyl adjacent to an activating group) is 1. The Kier molecular flexibility index (Phi) is 12.2. The van der Waals surface area contributed by atoms with Crippen LogP contribution in [0.15, 0.2) is 72.8 Å². The van der Waals surface area contributed by atoms with Gasteiger partial charge in [0.15, 0.2) is 5.82 Å². The fraction of sp³-hybridized carbons (Fsp3) is 0.420. The number of halogens is 3. The molecule has 0 aliphatic carbocycles. The molecule has 3 atom stereocenters. The van der Waals surface area contributed by atoms with Gasteiger partial charge in [-0.05, 0) is 74.1 Å². The van der Waals surface area contributed by atoms with Crippen LogP contribution in [0.25, 0.3) is 32.2 Å². The van der Waals surface area contributed by atoms with Crippen molar-refractivity contribution in [2.24, 2.45) is 0 Å². The molecule has 350 valence electrons. The van der Waals surface area contributed by atoms with Crippen molar-refractivity contribution in [1.82, 2.24) is 19.9 Å². The molecule has 6 aromatic rings. The predicted molar refractivity (Wildman–Crippen MR) is 257 cm³/mol. The van der Waals surface area contributed by atoms with Gasteiger partial charge >= 0.3 is 12.1 Å². The summed E-state index contributed by atoms with van der Waals surface area (Å²) >= 11 is 0.828. The number of amides is 1. The number of carbonyl (C=O) groups excluding carboxylic acids is 1. The third-order valence-corrected chi connectivity index (χ3v) is 19.4. The highest BCUT2D eigenvalue weighted by Gasteiger charge is 2.51. The highest BCUT2D eigenvalue weighted by molar-refractivity contribution is 7.23. The molecule has 12 nitrogen and oxygen atoms in total. The molecule has 0 spiro atoms. The molecule has 67 heavy (non-hydrogen) atoms. The van der Waals surface area contributed by atoms with E-state index in [0.29, 0.717) is 31.8 Å². The number of nitriles is 1. The molecule has 2 saturated heterocycles. The quantitative estimate of drug-likeness (QED) is 0.125. The minimum atomic E-state index is -2.91. The molecule has 3 aromatic heterocycles. The van der Waals surface area contributed by atoms with E-state index in [1.165, 1.54) is 12.1 Å². The van der Waals surface area contributed by atoms with Gasteiger partial charge in [0, 0.05) is 37.6 Å². The second kappa shape index (κ2) is 17.7. The lowest BCUT2D eigenvalue weighted by molar-refractivity contribution is 0.0636. The summed E-state index contributed by atoms with van der Waals surface area (Å²) in [5, 5.41) is 15.4. The maximum absolute atomic E-state index is 17.6. The maximum Gasteiger partial charge on any atom is 0.412 e. The van der Waals surface area contributed by atoms with E-state index in [0.717, 1.165) is 41.1 Å². The largest absolute Gasteiger partial charge is 0.475 e. The van der Waals surface area contributed by atoms with Crippen molar-refractivity contribution in [1.29, 1.82) is 5.26 Å².